The smallest absolute Gasteiger partial charge is 0.312 e. The number of ether oxygens (including phenoxy) is 1. The maximum Gasteiger partial charge on any atom is 0.312 e. The van der Waals surface area contributed by atoms with Crippen LogP contribution in [-0.4, -0.2) is 25.3 Å². The van der Waals surface area contributed by atoms with Gasteiger partial charge in [-0.3, -0.25) is 9.48 Å². The number of rotatable bonds is 5. The molecule has 0 bridgehead atoms. The molecular weight excluding hydrogens is 340 g/mol. The third-order valence-electron chi connectivity index (χ3n) is 4.52. The molecule has 2 heterocycles. The monoisotopic (exact) mass is 360 g/mol. The van der Waals surface area contributed by atoms with Gasteiger partial charge >= 0.3 is 5.97 Å². The topological polar surface area (TPSA) is 61.9 Å². The Hall–Kier alpha value is -3.41. The molecular formula is C21H20N4O2. The van der Waals surface area contributed by atoms with Crippen LogP contribution in [0, 0.1) is 0 Å². The molecule has 0 aliphatic rings. The van der Waals surface area contributed by atoms with E-state index in [1.807, 2.05) is 73.3 Å². The summed E-state index contributed by atoms with van der Waals surface area (Å²) < 4.78 is 9.16. The average molecular weight is 360 g/mol. The summed E-state index contributed by atoms with van der Waals surface area (Å²) in [6.07, 6.45) is 1.92. The maximum absolute atomic E-state index is 12.2. The highest BCUT2D eigenvalue weighted by atomic mass is 16.5. The standard InChI is InChI=1S/C21H20N4O2/c1-24-14-22-18-10-15(8-9-19(18)24)13-27-21(26)12-17-11-20(25(2)23-17)16-6-4-3-5-7-16/h3-11,14H,12-13H2,1-2H3. The van der Waals surface area contributed by atoms with E-state index in [1.165, 1.54) is 0 Å². The van der Waals surface area contributed by atoms with Gasteiger partial charge in [0.1, 0.15) is 6.61 Å². The van der Waals surface area contributed by atoms with E-state index in [-0.39, 0.29) is 19.0 Å². The SMILES string of the molecule is Cn1nc(CC(=O)OCc2ccc3c(c2)ncn3C)cc1-c1ccccc1. The summed E-state index contributed by atoms with van der Waals surface area (Å²) in [5.74, 6) is -0.297. The van der Waals surface area contributed by atoms with Crippen molar-refractivity contribution < 1.29 is 9.53 Å². The van der Waals surface area contributed by atoms with Gasteiger partial charge in [-0.25, -0.2) is 4.98 Å². The van der Waals surface area contributed by atoms with Crippen LogP contribution in [0.3, 0.4) is 0 Å². The summed E-state index contributed by atoms with van der Waals surface area (Å²) in [6.45, 7) is 0.226. The van der Waals surface area contributed by atoms with Gasteiger partial charge in [0.2, 0.25) is 0 Å². The van der Waals surface area contributed by atoms with E-state index in [4.69, 9.17) is 4.74 Å². The van der Waals surface area contributed by atoms with Crippen LogP contribution >= 0.6 is 0 Å². The predicted molar refractivity (Wildman–Crippen MR) is 103 cm³/mol. The van der Waals surface area contributed by atoms with Crippen LogP contribution in [0.2, 0.25) is 0 Å². The number of aryl methyl sites for hydroxylation is 2. The summed E-state index contributed by atoms with van der Waals surface area (Å²) in [5, 5.41) is 4.43. The molecule has 27 heavy (non-hydrogen) atoms. The largest absolute Gasteiger partial charge is 0.461 e. The summed E-state index contributed by atoms with van der Waals surface area (Å²) in [5.41, 5.74) is 5.59. The average Bonchev–Trinajstić information content (AvgIpc) is 3.23. The van der Waals surface area contributed by atoms with E-state index in [9.17, 15) is 4.79 Å². The number of fused-ring (bicyclic) bond motifs is 1. The number of esters is 1. The van der Waals surface area contributed by atoms with Crippen molar-refractivity contribution in [3.8, 4) is 11.3 Å². The van der Waals surface area contributed by atoms with E-state index >= 15 is 0 Å². The van der Waals surface area contributed by atoms with Gasteiger partial charge < -0.3 is 9.30 Å². The molecule has 0 fully saturated rings. The Bertz CT molecular complexity index is 1100. The molecule has 0 unspecified atom stereocenters. The van der Waals surface area contributed by atoms with Gasteiger partial charge in [-0.15, -0.1) is 0 Å². The van der Waals surface area contributed by atoms with Gasteiger partial charge in [-0.2, -0.15) is 5.10 Å². The van der Waals surface area contributed by atoms with Gasteiger partial charge in [-0.05, 0) is 29.3 Å². The molecule has 0 spiro atoms. The third kappa shape index (κ3) is 3.60. The van der Waals surface area contributed by atoms with Crippen molar-refractivity contribution in [2.24, 2.45) is 14.1 Å². The lowest BCUT2D eigenvalue weighted by atomic mass is 10.1. The van der Waals surface area contributed by atoms with Gasteiger partial charge in [-0.1, -0.05) is 36.4 Å². The second kappa shape index (κ2) is 7.07. The van der Waals surface area contributed by atoms with Crippen molar-refractivity contribution in [1.82, 2.24) is 19.3 Å². The molecule has 6 heteroatoms. The van der Waals surface area contributed by atoms with Crippen LogP contribution in [0.25, 0.3) is 22.3 Å². The first kappa shape index (κ1) is 17.0. The summed E-state index contributed by atoms with van der Waals surface area (Å²) in [6, 6.07) is 17.8. The summed E-state index contributed by atoms with van der Waals surface area (Å²) in [4.78, 5) is 16.5. The Morgan fingerprint density at radius 1 is 1.07 bits per heavy atom. The van der Waals surface area contributed by atoms with Crippen molar-refractivity contribution in [3.63, 3.8) is 0 Å². The number of carbonyl (C=O) groups excluding carboxylic acids is 1. The Balaban J connectivity index is 1.40. The molecule has 0 aliphatic heterocycles. The number of nitrogens with zero attached hydrogens (tertiary/aromatic N) is 4. The Labute approximate surface area is 157 Å². The van der Waals surface area contributed by atoms with Gasteiger partial charge in [0, 0.05) is 14.1 Å². The van der Waals surface area contributed by atoms with Crippen molar-refractivity contribution in [3.05, 3.63) is 72.2 Å². The molecule has 2 aromatic heterocycles. The molecule has 0 amide bonds. The number of aromatic nitrogens is 4. The molecule has 0 atom stereocenters. The molecule has 4 aromatic rings. The Morgan fingerprint density at radius 2 is 1.89 bits per heavy atom. The summed E-state index contributed by atoms with van der Waals surface area (Å²) >= 11 is 0. The van der Waals surface area contributed by atoms with Crippen LogP contribution in [-0.2, 0) is 36.7 Å². The van der Waals surface area contributed by atoms with Crippen molar-refractivity contribution in [1.29, 1.82) is 0 Å². The highest BCUT2D eigenvalue weighted by molar-refractivity contribution is 5.76. The van der Waals surface area contributed by atoms with Crippen LogP contribution in [0.15, 0.2) is 60.9 Å². The number of hydrogen-bond donors (Lipinski definition) is 0. The Morgan fingerprint density at radius 3 is 2.70 bits per heavy atom. The lowest BCUT2D eigenvalue weighted by molar-refractivity contribution is -0.144. The van der Waals surface area contributed by atoms with E-state index in [1.54, 1.807) is 11.0 Å². The number of carbonyl (C=O) groups is 1. The molecule has 0 radical (unpaired) electrons. The summed E-state index contributed by atoms with van der Waals surface area (Å²) in [7, 11) is 3.82. The molecule has 2 aromatic carbocycles. The second-order valence-corrected chi connectivity index (χ2v) is 6.53. The normalized spacial score (nSPS) is 11.0. The van der Waals surface area contributed by atoms with Gasteiger partial charge in [0.05, 0.1) is 35.2 Å². The lowest BCUT2D eigenvalue weighted by Gasteiger charge is -2.04. The van der Waals surface area contributed by atoms with Crippen molar-refractivity contribution in [2.75, 3.05) is 0 Å². The second-order valence-electron chi connectivity index (χ2n) is 6.53. The number of imidazole rings is 1. The molecule has 0 N–H and O–H groups in total. The van der Waals surface area contributed by atoms with Crippen LogP contribution in [0.4, 0.5) is 0 Å². The molecule has 4 rings (SSSR count). The molecule has 0 saturated carbocycles. The number of benzene rings is 2. The third-order valence-corrected chi connectivity index (χ3v) is 4.52. The fourth-order valence-corrected chi connectivity index (χ4v) is 3.13. The van der Waals surface area contributed by atoms with Crippen LogP contribution in [0.5, 0.6) is 0 Å². The quantitative estimate of drug-likeness (QED) is 0.513. The first-order valence-corrected chi connectivity index (χ1v) is 8.74. The first-order chi connectivity index (χ1) is 13.1. The van der Waals surface area contributed by atoms with Crippen molar-refractivity contribution in [2.45, 2.75) is 13.0 Å². The Kier molecular flexibility index (Phi) is 4.46. The number of hydrogen-bond acceptors (Lipinski definition) is 4. The fourth-order valence-electron chi connectivity index (χ4n) is 3.13. The molecule has 136 valence electrons. The lowest BCUT2D eigenvalue weighted by Crippen LogP contribution is -2.08. The minimum absolute atomic E-state index is 0.145. The minimum Gasteiger partial charge on any atom is -0.461 e. The minimum atomic E-state index is -0.297. The van der Waals surface area contributed by atoms with Gasteiger partial charge in [0.15, 0.2) is 0 Å². The van der Waals surface area contributed by atoms with E-state index in [0.717, 1.165) is 27.9 Å². The zero-order chi connectivity index (χ0) is 18.8. The molecule has 0 saturated heterocycles. The highest BCUT2D eigenvalue weighted by Gasteiger charge is 2.12. The van der Waals surface area contributed by atoms with Crippen molar-refractivity contribution >= 4 is 17.0 Å². The first-order valence-electron chi connectivity index (χ1n) is 8.74. The molecule has 6 nitrogen and oxygen atoms in total. The van der Waals surface area contributed by atoms with Crippen LogP contribution in [0.1, 0.15) is 11.3 Å². The molecule has 0 aliphatic carbocycles. The van der Waals surface area contributed by atoms with Gasteiger partial charge in [0.25, 0.3) is 0 Å². The zero-order valence-corrected chi connectivity index (χ0v) is 15.3. The predicted octanol–water partition coefficient (Wildman–Crippen LogP) is 3.26. The zero-order valence-electron chi connectivity index (χ0n) is 15.3. The van der Waals surface area contributed by atoms with E-state index < -0.39 is 0 Å². The van der Waals surface area contributed by atoms with Crippen LogP contribution < -0.4 is 0 Å². The van der Waals surface area contributed by atoms with E-state index in [0.29, 0.717) is 5.69 Å². The maximum atomic E-state index is 12.2. The highest BCUT2D eigenvalue weighted by Crippen LogP contribution is 2.20. The van der Waals surface area contributed by atoms with E-state index in [2.05, 4.69) is 10.1 Å². The fraction of sp³-hybridized carbons (Fsp3) is 0.190.